The van der Waals surface area contributed by atoms with Gasteiger partial charge in [0.1, 0.15) is 0 Å². The predicted molar refractivity (Wildman–Crippen MR) is 98.1 cm³/mol. The van der Waals surface area contributed by atoms with Crippen molar-refractivity contribution in [3.05, 3.63) is 35.4 Å². The fourth-order valence-corrected chi connectivity index (χ4v) is 3.43. The van der Waals surface area contributed by atoms with Gasteiger partial charge in [0, 0.05) is 19.1 Å². The molecule has 1 aromatic carbocycles. The highest BCUT2D eigenvalue weighted by atomic mass is 16.5. The summed E-state index contributed by atoms with van der Waals surface area (Å²) in [6.45, 7) is 7.84. The maximum atomic E-state index is 12.3. The van der Waals surface area contributed by atoms with Crippen LogP contribution < -0.4 is 10.6 Å². The van der Waals surface area contributed by atoms with Crippen molar-refractivity contribution in [3.8, 4) is 0 Å². The lowest BCUT2D eigenvalue weighted by Gasteiger charge is -2.37. The topological polar surface area (TPSA) is 50.4 Å². The molecule has 0 saturated carbocycles. The first kappa shape index (κ1) is 18.9. The summed E-state index contributed by atoms with van der Waals surface area (Å²) in [5.74, 6) is 0.752. The molecule has 0 radical (unpaired) electrons. The number of hydrogen-bond donors (Lipinski definition) is 2. The summed E-state index contributed by atoms with van der Waals surface area (Å²) < 4.78 is 5.40. The third-order valence-corrected chi connectivity index (χ3v) is 4.81. The Hall–Kier alpha value is -1.39. The Morgan fingerprint density at radius 1 is 1.21 bits per heavy atom. The molecule has 1 heterocycles. The van der Waals surface area contributed by atoms with E-state index in [-0.39, 0.29) is 11.3 Å². The molecule has 0 bridgehead atoms. The summed E-state index contributed by atoms with van der Waals surface area (Å²) in [6, 6.07) is 8.43. The molecular weight excluding hydrogens is 300 g/mol. The van der Waals surface area contributed by atoms with Crippen LogP contribution in [0.3, 0.4) is 0 Å². The molecule has 1 aliphatic heterocycles. The zero-order chi connectivity index (χ0) is 17.4. The summed E-state index contributed by atoms with van der Waals surface area (Å²) in [7, 11) is 1.74. The molecule has 24 heavy (non-hydrogen) atoms. The Morgan fingerprint density at radius 3 is 2.42 bits per heavy atom. The molecule has 0 aliphatic carbocycles. The van der Waals surface area contributed by atoms with Gasteiger partial charge in [0.15, 0.2) is 0 Å². The zero-order valence-electron chi connectivity index (χ0n) is 15.4. The number of nitrogens with one attached hydrogen (secondary N) is 2. The van der Waals surface area contributed by atoms with Gasteiger partial charge in [-0.15, -0.1) is 0 Å². The average molecular weight is 332 g/mol. The quantitative estimate of drug-likeness (QED) is 0.769. The van der Waals surface area contributed by atoms with Crippen LogP contribution in [-0.2, 0) is 22.4 Å². The van der Waals surface area contributed by atoms with Gasteiger partial charge in [-0.2, -0.15) is 0 Å². The van der Waals surface area contributed by atoms with Crippen LogP contribution in [0.4, 0.5) is 0 Å². The van der Waals surface area contributed by atoms with E-state index in [9.17, 15) is 4.79 Å². The lowest BCUT2D eigenvalue weighted by atomic mass is 9.79. The Balaban J connectivity index is 1.83. The van der Waals surface area contributed by atoms with Gasteiger partial charge in [0.2, 0.25) is 5.91 Å². The third kappa shape index (κ3) is 5.91. The molecule has 1 saturated heterocycles. The van der Waals surface area contributed by atoms with Gasteiger partial charge in [0.25, 0.3) is 0 Å². The predicted octanol–water partition coefficient (Wildman–Crippen LogP) is 2.56. The van der Waals surface area contributed by atoms with Gasteiger partial charge in [-0.25, -0.2) is 0 Å². The molecule has 134 valence electrons. The first-order chi connectivity index (χ1) is 11.5. The van der Waals surface area contributed by atoms with Crippen LogP contribution in [0.1, 0.15) is 37.8 Å². The number of ether oxygens (including phenoxy) is 1. The van der Waals surface area contributed by atoms with Gasteiger partial charge in [0.05, 0.1) is 13.0 Å². The first-order valence-corrected chi connectivity index (χ1v) is 9.07. The van der Waals surface area contributed by atoms with Crippen molar-refractivity contribution in [3.63, 3.8) is 0 Å². The number of rotatable bonds is 8. The van der Waals surface area contributed by atoms with E-state index in [0.29, 0.717) is 25.5 Å². The maximum Gasteiger partial charge on any atom is 0.224 e. The van der Waals surface area contributed by atoms with E-state index in [0.717, 1.165) is 37.9 Å². The molecule has 0 spiro atoms. The number of amides is 1. The molecule has 4 nitrogen and oxygen atoms in total. The maximum absolute atomic E-state index is 12.3. The average Bonchev–Trinajstić information content (AvgIpc) is 2.56. The smallest absolute Gasteiger partial charge is 0.224 e. The van der Waals surface area contributed by atoms with E-state index in [1.165, 1.54) is 5.56 Å². The van der Waals surface area contributed by atoms with Crippen LogP contribution in [-0.4, -0.2) is 39.3 Å². The second-order valence-electron chi connectivity index (χ2n) is 7.55. The monoisotopic (exact) mass is 332 g/mol. The van der Waals surface area contributed by atoms with E-state index in [1.807, 2.05) is 0 Å². The van der Waals surface area contributed by atoms with E-state index in [4.69, 9.17) is 4.74 Å². The number of carbonyl (C=O) groups excluding carboxylic acids is 1. The molecule has 1 fully saturated rings. The summed E-state index contributed by atoms with van der Waals surface area (Å²) in [5.41, 5.74) is 2.49. The molecule has 0 unspecified atom stereocenters. The van der Waals surface area contributed by atoms with Gasteiger partial charge in [-0.1, -0.05) is 38.1 Å². The van der Waals surface area contributed by atoms with Gasteiger partial charge < -0.3 is 15.4 Å². The second kappa shape index (κ2) is 9.19. The van der Waals surface area contributed by atoms with Gasteiger partial charge >= 0.3 is 0 Å². The summed E-state index contributed by atoms with van der Waals surface area (Å²) in [5, 5.41) is 6.50. The van der Waals surface area contributed by atoms with Crippen LogP contribution in [0.5, 0.6) is 0 Å². The number of hydrogen-bond acceptors (Lipinski definition) is 3. The van der Waals surface area contributed by atoms with Crippen molar-refractivity contribution >= 4 is 5.91 Å². The zero-order valence-corrected chi connectivity index (χ0v) is 15.4. The minimum absolute atomic E-state index is 0.0801. The minimum atomic E-state index is 0.0801. The number of methoxy groups -OCH3 is 1. The lowest BCUT2D eigenvalue weighted by molar-refractivity contribution is -0.121. The fraction of sp³-hybridized carbons (Fsp3) is 0.650. The van der Waals surface area contributed by atoms with E-state index in [1.54, 1.807) is 7.11 Å². The molecule has 1 amide bonds. The van der Waals surface area contributed by atoms with Crippen molar-refractivity contribution in [2.75, 3.05) is 33.4 Å². The molecule has 1 aromatic rings. The molecule has 2 rings (SSSR count). The Labute approximate surface area is 146 Å². The van der Waals surface area contributed by atoms with Crippen LogP contribution in [0.25, 0.3) is 0 Å². The molecule has 1 aliphatic rings. The van der Waals surface area contributed by atoms with Crippen LogP contribution >= 0.6 is 0 Å². The largest absolute Gasteiger partial charge is 0.384 e. The van der Waals surface area contributed by atoms with E-state index >= 15 is 0 Å². The van der Waals surface area contributed by atoms with Gasteiger partial charge in [-0.3, -0.25) is 4.79 Å². The van der Waals surface area contributed by atoms with Crippen molar-refractivity contribution in [1.82, 2.24) is 10.6 Å². The number of carbonyl (C=O) groups is 1. The highest BCUT2D eigenvalue weighted by molar-refractivity contribution is 5.78. The normalized spacial score (nSPS) is 17.0. The molecule has 2 N–H and O–H groups in total. The van der Waals surface area contributed by atoms with Crippen LogP contribution in [0.2, 0.25) is 0 Å². The third-order valence-electron chi connectivity index (χ3n) is 4.81. The Kier molecular flexibility index (Phi) is 7.25. The lowest BCUT2D eigenvalue weighted by Crippen LogP contribution is -2.47. The van der Waals surface area contributed by atoms with Gasteiger partial charge in [-0.05, 0) is 49.4 Å². The fourth-order valence-electron chi connectivity index (χ4n) is 3.43. The molecular formula is C20H32N2O2. The first-order valence-electron chi connectivity index (χ1n) is 9.07. The summed E-state index contributed by atoms with van der Waals surface area (Å²) in [4.78, 5) is 12.3. The Morgan fingerprint density at radius 2 is 1.83 bits per heavy atom. The van der Waals surface area contributed by atoms with Crippen LogP contribution in [0.15, 0.2) is 24.3 Å². The van der Waals surface area contributed by atoms with Crippen molar-refractivity contribution in [2.45, 2.75) is 39.5 Å². The minimum Gasteiger partial charge on any atom is -0.384 e. The number of benzene rings is 1. The van der Waals surface area contributed by atoms with E-state index < -0.39 is 0 Å². The highest BCUT2D eigenvalue weighted by Gasteiger charge is 2.32. The van der Waals surface area contributed by atoms with Crippen molar-refractivity contribution in [1.29, 1.82) is 0 Å². The van der Waals surface area contributed by atoms with Crippen molar-refractivity contribution in [2.24, 2.45) is 11.3 Å². The molecule has 4 heteroatoms. The SMILES string of the molecule is COCC1(CNC(=O)Cc2ccc(CC(C)C)cc2)CCNCC1. The number of piperidine rings is 1. The Bertz CT molecular complexity index is 499. The molecule has 0 aromatic heterocycles. The highest BCUT2D eigenvalue weighted by Crippen LogP contribution is 2.28. The molecule has 0 atom stereocenters. The standard InChI is InChI=1S/C20H32N2O2/c1-16(2)12-17-4-6-18(7-5-17)13-19(23)22-14-20(15-24-3)8-10-21-11-9-20/h4-7,16,21H,8-15H2,1-3H3,(H,22,23). The summed E-state index contributed by atoms with van der Waals surface area (Å²) in [6.07, 6.45) is 3.62. The van der Waals surface area contributed by atoms with Crippen LogP contribution in [0, 0.1) is 11.3 Å². The summed E-state index contributed by atoms with van der Waals surface area (Å²) >= 11 is 0. The van der Waals surface area contributed by atoms with Crippen molar-refractivity contribution < 1.29 is 9.53 Å². The second-order valence-corrected chi connectivity index (χ2v) is 7.55. The van der Waals surface area contributed by atoms with E-state index in [2.05, 4.69) is 48.7 Å².